The summed E-state index contributed by atoms with van der Waals surface area (Å²) in [5, 5.41) is 3.30. The molecule has 0 unspecified atom stereocenters. The van der Waals surface area contributed by atoms with Crippen molar-refractivity contribution in [3.05, 3.63) is 54.1 Å². The summed E-state index contributed by atoms with van der Waals surface area (Å²) in [7, 11) is -3.72. The number of hydrogen-bond acceptors (Lipinski definition) is 4. The summed E-state index contributed by atoms with van der Waals surface area (Å²) in [5.74, 6) is -0.0929. The van der Waals surface area contributed by atoms with Crippen LogP contribution in [0.25, 0.3) is 10.2 Å². The number of sulfonamides is 1. The Morgan fingerprint density at radius 3 is 2.57 bits per heavy atom. The highest BCUT2D eigenvalue weighted by Gasteiger charge is 2.16. The molecule has 0 radical (unpaired) electrons. The SMILES string of the molecule is Cc1ccc(S(=O)(=O)[NH+]=C(N)Nc2nc3ccccc3s2)cc1. The summed E-state index contributed by atoms with van der Waals surface area (Å²) < 4.78 is 27.8. The zero-order valence-electron chi connectivity index (χ0n) is 12.3. The van der Waals surface area contributed by atoms with Gasteiger partial charge in [0.1, 0.15) is 4.90 Å². The summed E-state index contributed by atoms with van der Waals surface area (Å²) >= 11 is 1.39. The van der Waals surface area contributed by atoms with Gasteiger partial charge in [0.15, 0.2) is 0 Å². The van der Waals surface area contributed by atoms with Crippen LogP contribution in [0.4, 0.5) is 5.13 Å². The number of rotatable bonds is 3. The summed E-state index contributed by atoms with van der Waals surface area (Å²) in [4.78, 5) is 4.49. The first-order valence-electron chi connectivity index (χ1n) is 6.78. The quantitative estimate of drug-likeness (QED) is 0.481. The zero-order valence-corrected chi connectivity index (χ0v) is 13.9. The second-order valence-electron chi connectivity index (χ2n) is 4.94. The number of thiazole rings is 1. The summed E-state index contributed by atoms with van der Waals surface area (Å²) in [5.41, 5.74) is 7.57. The highest BCUT2D eigenvalue weighted by atomic mass is 32.2. The Morgan fingerprint density at radius 1 is 1.17 bits per heavy atom. The van der Waals surface area contributed by atoms with E-state index in [9.17, 15) is 8.42 Å². The van der Waals surface area contributed by atoms with Gasteiger partial charge in [-0.2, -0.15) is 12.8 Å². The second kappa shape index (κ2) is 5.98. The molecule has 0 spiro atoms. The van der Waals surface area contributed by atoms with Gasteiger partial charge in [-0.1, -0.05) is 41.2 Å². The molecule has 118 valence electrons. The van der Waals surface area contributed by atoms with E-state index in [-0.39, 0.29) is 10.9 Å². The van der Waals surface area contributed by atoms with Crippen LogP contribution in [-0.4, -0.2) is 19.4 Å². The van der Waals surface area contributed by atoms with Crippen LogP contribution in [0.3, 0.4) is 0 Å². The fourth-order valence-corrected chi connectivity index (χ4v) is 3.82. The van der Waals surface area contributed by atoms with Crippen LogP contribution < -0.4 is 15.4 Å². The molecule has 0 bridgehead atoms. The van der Waals surface area contributed by atoms with Crippen LogP contribution in [0, 0.1) is 6.92 Å². The highest BCUT2D eigenvalue weighted by molar-refractivity contribution is 7.84. The van der Waals surface area contributed by atoms with E-state index in [4.69, 9.17) is 5.73 Å². The number of aryl methyl sites for hydroxylation is 1. The number of fused-ring (bicyclic) bond motifs is 1. The van der Waals surface area contributed by atoms with Crippen LogP contribution in [0.1, 0.15) is 5.56 Å². The fraction of sp³-hybridized carbons (Fsp3) is 0.0667. The van der Waals surface area contributed by atoms with Crippen molar-refractivity contribution in [3.63, 3.8) is 0 Å². The minimum absolute atomic E-state index is 0.0929. The topological polar surface area (TPSA) is 99.0 Å². The highest BCUT2D eigenvalue weighted by Crippen LogP contribution is 2.24. The normalized spacial score (nSPS) is 12.5. The molecule has 1 aromatic heterocycles. The number of nitrogens with two attached hydrogens (primary N) is 1. The minimum atomic E-state index is -3.72. The minimum Gasteiger partial charge on any atom is -0.290 e. The molecule has 4 N–H and O–H groups in total. The molecule has 0 saturated carbocycles. The van der Waals surface area contributed by atoms with Gasteiger partial charge in [0, 0.05) is 0 Å². The third-order valence-electron chi connectivity index (χ3n) is 3.11. The van der Waals surface area contributed by atoms with E-state index in [1.165, 1.54) is 23.5 Å². The van der Waals surface area contributed by atoms with Crippen molar-refractivity contribution in [3.8, 4) is 0 Å². The molecule has 2 aromatic carbocycles. The van der Waals surface area contributed by atoms with E-state index in [2.05, 4.69) is 14.7 Å². The van der Waals surface area contributed by atoms with Gasteiger partial charge in [-0.25, -0.2) is 10.3 Å². The number of aromatic nitrogens is 1. The molecule has 0 saturated heterocycles. The monoisotopic (exact) mass is 347 g/mol. The van der Waals surface area contributed by atoms with E-state index in [1.807, 2.05) is 31.2 Å². The van der Waals surface area contributed by atoms with Crippen molar-refractivity contribution in [1.29, 1.82) is 0 Å². The molecule has 23 heavy (non-hydrogen) atoms. The van der Waals surface area contributed by atoms with Gasteiger partial charge in [0.25, 0.3) is 5.13 Å². The van der Waals surface area contributed by atoms with Crippen LogP contribution in [-0.2, 0) is 10.0 Å². The number of nitrogens with zero attached hydrogens (tertiary/aromatic N) is 1. The van der Waals surface area contributed by atoms with Gasteiger partial charge in [-0.3, -0.25) is 5.73 Å². The van der Waals surface area contributed by atoms with Crippen LogP contribution >= 0.6 is 11.3 Å². The Kier molecular flexibility index (Phi) is 4.01. The third-order valence-corrected chi connectivity index (χ3v) is 5.44. The number of guanidine groups is 1. The predicted molar refractivity (Wildman–Crippen MR) is 91.8 cm³/mol. The first-order valence-corrected chi connectivity index (χ1v) is 9.08. The Balaban J connectivity index is 1.85. The van der Waals surface area contributed by atoms with Crippen molar-refractivity contribution in [1.82, 2.24) is 4.98 Å². The van der Waals surface area contributed by atoms with Crippen molar-refractivity contribution in [2.75, 3.05) is 5.32 Å². The molecular weight excluding hydrogens is 332 g/mol. The first-order chi connectivity index (χ1) is 10.9. The maximum absolute atomic E-state index is 12.2. The van der Waals surface area contributed by atoms with Crippen LogP contribution in [0.2, 0.25) is 0 Å². The van der Waals surface area contributed by atoms with Crippen molar-refractivity contribution >= 4 is 42.7 Å². The van der Waals surface area contributed by atoms with Crippen molar-refractivity contribution < 1.29 is 12.8 Å². The largest absolute Gasteiger partial charge is 0.363 e. The zero-order chi connectivity index (χ0) is 16.4. The maximum Gasteiger partial charge on any atom is 0.363 e. The van der Waals surface area contributed by atoms with Crippen molar-refractivity contribution in [2.45, 2.75) is 11.8 Å². The van der Waals surface area contributed by atoms with E-state index >= 15 is 0 Å². The van der Waals surface area contributed by atoms with Gasteiger partial charge in [0.2, 0.25) is 0 Å². The third kappa shape index (κ3) is 3.49. The van der Waals surface area contributed by atoms with E-state index in [0.29, 0.717) is 5.13 Å². The van der Waals surface area contributed by atoms with Gasteiger partial charge < -0.3 is 0 Å². The summed E-state index contributed by atoms with van der Waals surface area (Å²) in [6.07, 6.45) is 0. The summed E-state index contributed by atoms with van der Waals surface area (Å²) in [6, 6.07) is 14.1. The molecule has 0 amide bonds. The lowest BCUT2D eigenvalue weighted by atomic mass is 10.2. The predicted octanol–water partition coefficient (Wildman–Crippen LogP) is 0.801. The number of benzene rings is 2. The average molecular weight is 347 g/mol. The summed E-state index contributed by atoms with van der Waals surface area (Å²) in [6.45, 7) is 1.89. The lowest BCUT2D eigenvalue weighted by Gasteiger charge is -1.99. The average Bonchev–Trinajstić information content (AvgIpc) is 2.88. The van der Waals surface area contributed by atoms with Crippen molar-refractivity contribution in [2.24, 2.45) is 5.73 Å². The molecule has 3 rings (SSSR count). The smallest absolute Gasteiger partial charge is 0.290 e. The Labute approximate surface area is 137 Å². The molecule has 1 heterocycles. The van der Waals surface area contributed by atoms with E-state index in [1.54, 1.807) is 12.1 Å². The number of anilines is 1. The molecule has 8 heteroatoms. The molecule has 0 aliphatic heterocycles. The van der Waals surface area contributed by atoms with Gasteiger partial charge >= 0.3 is 16.0 Å². The standard InChI is InChI=1S/C15H14N4O2S2/c1-10-6-8-11(9-7-10)23(20,21)19-14(16)18-15-17-12-4-2-3-5-13(12)22-15/h2-9H,1H3,(H3,16,17,18,19)/p+1. The number of para-hydroxylation sites is 1. The van der Waals surface area contributed by atoms with Crippen LogP contribution in [0.15, 0.2) is 53.4 Å². The van der Waals surface area contributed by atoms with Crippen LogP contribution in [0.5, 0.6) is 0 Å². The molecule has 6 nitrogen and oxygen atoms in total. The molecule has 0 fully saturated rings. The Hall–Kier alpha value is -2.45. The Bertz CT molecular complexity index is 943. The fourth-order valence-electron chi connectivity index (χ4n) is 1.99. The molecule has 0 aliphatic carbocycles. The number of hydrogen-bond donors (Lipinski definition) is 3. The number of nitrogens with one attached hydrogen (secondary N) is 2. The van der Waals surface area contributed by atoms with Gasteiger partial charge in [-0.15, -0.1) is 0 Å². The lowest BCUT2D eigenvalue weighted by Crippen LogP contribution is -2.80. The van der Waals surface area contributed by atoms with E-state index < -0.39 is 10.0 Å². The van der Waals surface area contributed by atoms with E-state index in [0.717, 1.165) is 15.8 Å². The molecular formula is C15H15N4O2S2+. The lowest BCUT2D eigenvalue weighted by molar-refractivity contribution is -0.268. The van der Waals surface area contributed by atoms with Gasteiger partial charge in [-0.05, 0) is 31.2 Å². The maximum atomic E-state index is 12.2. The Morgan fingerprint density at radius 2 is 1.87 bits per heavy atom. The van der Waals surface area contributed by atoms with Gasteiger partial charge in [0.05, 0.1) is 10.2 Å². The molecule has 3 aromatic rings. The second-order valence-corrected chi connectivity index (χ2v) is 7.66. The molecule has 0 atom stereocenters. The first kappa shape index (κ1) is 15.4. The molecule has 0 aliphatic rings.